The Labute approximate surface area is 99.3 Å². The van der Waals surface area contributed by atoms with Crippen LogP contribution in [0.25, 0.3) is 0 Å². The summed E-state index contributed by atoms with van der Waals surface area (Å²) in [5, 5.41) is 0. The highest BCUT2D eigenvalue weighted by molar-refractivity contribution is 5.22. The molecule has 0 radical (unpaired) electrons. The highest BCUT2D eigenvalue weighted by Gasteiger charge is 2.55. The van der Waals surface area contributed by atoms with Gasteiger partial charge in [-0.2, -0.15) is 0 Å². The van der Waals surface area contributed by atoms with Gasteiger partial charge in [0.25, 0.3) is 0 Å². The van der Waals surface area contributed by atoms with E-state index < -0.39 is 0 Å². The molecule has 3 aliphatic rings. The van der Waals surface area contributed by atoms with Gasteiger partial charge in [0.1, 0.15) is 0 Å². The van der Waals surface area contributed by atoms with Crippen LogP contribution in [0, 0.1) is 23.7 Å². The lowest BCUT2D eigenvalue weighted by molar-refractivity contribution is -0.0710. The van der Waals surface area contributed by atoms with Crippen LogP contribution in [0.5, 0.6) is 0 Å². The van der Waals surface area contributed by atoms with Gasteiger partial charge < -0.3 is 4.74 Å². The zero-order valence-electron chi connectivity index (χ0n) is 11.0. The molecule has 1 saturated carbocycles. The Bertz CT molecular complexity index is 330. The topological polar surface area (TPSA) is 9.23 Å². The summed E-state index contributed by atoms with van der Waals surface area (Å²) in [6.07, 6.45) is 6.90. The molecule has 0 N–H and O–H groups in total. The highest BCUT2D eigenvalue weighted by atomic mass is 16.5. The molecule has 90 valence electrons. The minimum atomic E-state index is 0.189. The lowest BCUT2D eigenvalue weighted by Crippen LogP contribution is -2.44. The van der Waals surface area contributed by atoms with Gasteiger partial charge in [0.2, 0.25) is 0 Å². The number of allylic oxidation sites excluding steroid dienone is 1. The summed E-state index contributed by atoms with van der Waals surface area (Å²) >= 11 is 0. The van der Waals surface area contributed by atoms with Crippen LogP contribution >= 0.6 is 0 Å². The maximum Gasteiger partial charge on any atom is 0.0793 e. The van der Waals surface area contributed by atoms with Crippen molar-refractivity contribution in [2.45, 2.75) is 58.7 Å². The number of rotatable bonds is 1. The molecule has 0 spiro atoms. The van der Waals surface area contributed by atoms with Gasteiger partial charge in [-0.05, 0) is 62.4 Å². The predicted octanol–water partition coefficient (Wildman–Crippen LogP) is 3.79. The molecule has 2 fully saturated rings. The Hall–Kier alpha value is -0.300. The van der Waals surface area contributed by atoms with Crippen LogP contribution < -0.4 is 0 Å². The molecule has 1 nitrogen and oxygen atoms in total. The SMILES string of the molecule is CC1=C[C@H]2[C@@H](C(C)C)CC[C@]3(C)O[C@H]1C[C@H]23. The first kappa shape index (κ1) is 10.8. The number of hydrogen-bond acceptors (Lipinski definition) is 1. The Kier molecular flexibility index (Phi) is 2.27. The minimum Gasteiger partial charge on any atom is -0.367 e. The van der Waals surface area contributed by atoms with Crippen LogP contribution in [-0.4, -0.2) is 11.7 Å². The van der Waals surface area contributed by atoms with Gasteiger partial charge in [0.15, 0.2) is 0 Å². The van der Waals surface area contributed by atoms with E-state index in [-0.39, 0.29) is 5.60 Å². The summed E-state index contributed by atoms with van der Waals surface area (Å²) in [4.78, 5) is 0. The average Bonchev–Trinajstić information content (AvgIpc) is 2.52. The first-order chi connectivity index (χ1) is 7.51. The summed E-state index contributed by atoms with van der Waals surface area (Å²) in [6, 6.07) is 0. The molecule has 16 heavy (non-hydrogen) atoms. The molecule has 0 aromatic carbocycles. The van der Waals surface area contributed by atoms with E-state index in [0.717, 1.165) is 23.7 Å². The maximum absolute atomic E-state index is 6.32. The number of ether oxygens (including phenoxy) is 1. The van der Waals surface area contributed by atoms with Crippen molar-refractivity contribution in [3.63, 3.8) is 0 Å². The molecule has 0 amide bonds. The largest absolute Gasteiger partial charge is 0.367 e. The quantitative estimate of drug-likeness (QED) is 0.611. The zero-order chi connectivity index (χ0) is 11.5. The first-order valence-electron chi connectivity index (χ1n) is 6.87. The smallest absolute Gasteiger partial charge is 0.0793 e. The third kappa shape index (κ3) is 1.33. The number of fused-ring (bicyclic) bond motifs is 1. The monoisotopic (exact) mass is 220 g/mol. The van der Waals surface area contributed by atoms with Gasteiger partial charge in [0, 0.05) is 0 Å². The van der Waals surface area contributed by atoms with Crippen molar-refractivity contribution >= 4 is 0 Å². The number of hydrogen-bond donors (Lipinski definition) is 0. The lowest BCUT2D eigenvalue weighted by atomic mass is 9.60. The van der Waals surface area contributed by atoms with Crippen molar-refractivity contribution in [2.75, 3.05) is 0 Å². The fourth-order valence-electron chi connectivity index (χ4n) is 4.40. The Balaban J connectivity index is 1.98. The van der Waals surface area contributed by atoms with Gasteiger partial charge in [-0.25, -0.2) is 0 Å². The van der Waals surface area contributed by atoms with E-state index in [4.69, 9.17) is 4.74 Å². The molecular formula is C15H24O. The summed E-state index contributed by atoms with van der Waals surface area (Å²) in [5.41, 5.74) is 1.69. The van der Waals surface area contributed by atoms with Crippen molar-refractivity contribution in [3.05, 3.63) is 11.6 Å². The second-order valence-corrected chi connectivity index (χ2v) is 6.70. The van der Waals surface area contributed by atoms with Crippen LogP contribution in [0.2, 0.25) is 0 Å². The van der Waals surface area contributed by atoms with Crippen LogP contribution in [0.4, 0.5) is 0 Å². The highest BCUT2D eigenvalue weighted by Crippen LogP contribution is 2.56. The molecule has 1 saturated heterocycles. The first-order valence-corrected chi connectivity index (χ1v) is 6.87. The summed E-state index contributed by atoms with van der Waals surface area (Å²) in [6.45, 7) is 9.40. The van der Waals surface area contributed by atoms with E-state index in [9.17, 15) is 0 Å². The van der Waals surface area contributed by atoms with Crippen LogP contribution in [0.3, 0.4) is 0 Å². The molecule has 1 aliphatic heterocycles. The molecule has 0 aromatic heterocycles. The lowest BCUT2D eigenvalue weighted by Gasteiger charge is -2.45. The van der Waals surface area contributed by atoms with E-state index in [1.165, 1.54) is 24.8 Å². The standard InChI is InChI=1S/C15H24O/c1-9(2)11-5-6-15(4)13-8-14(16-15)10(3)7-12(11)13/h7,9,11-14H,5-6,8H2,1-4H3/t11-,12+,13-,14+,15+/m1/s1. The predicted molar refractivity (Wildman–Crippen MR) is 66.2 cm³/mol. The second kappa shape index (κ2) is 3.35. The fraction of sp³-hybridized carbons (Fsp3) is 0.867. The molecule has 0 aromatic rings. The molecule has 1 heterocycles. The van der Waals surface area contributed by atoms with Crippen LogP contribution in [0.15, 0.2) is 11.6 Å². The van der Waals surface area contributed by atoms with Crippen molar-refractivity contribution in [2.24, 2.45) is 23.7 Å². The third-order valence-corrected chi connectivity index (χ3v) is 5.42. The molecular weight excluding hydrogens is 196 g/mol. The zero-order valence-corrected chi connectivity index (χ0v) is 11.0. The van der Waals surface area contributed by atoms with E-state index >= 15 is 0 Å². The maximum atomic E-state index is 6.32. The van der Waals surface area contributed by atoms with Crippen LogP contribution in [-0.2, 0) is 4.74 Å². The van der Waals surface area contributed by atoms with E-state index in [0.29, 0.717) is 6.10 Å². The molecule has 2 aliphatic carbocycles. The minimum absolute atomic E-state index is 0.189. The second-order valence-electron chi connectivity index (χ2n) is 6.70. The molecule has 1 heteroatoms. The summed E-state index contributed by atoms with van der Waals surface area (Å²) < 4.78 is 6.32. The summed E-state index contributed by atoms with van der Waals surface area (Å²) in [5.74, 6) is 3.28. The summed E-state index contributed by atoms with van der Waals surface area (Å²) in [7, 11) is 0. The van der Waals surface area contributed by atoms with Crippen molar-refractivity contribution in [1.82, 2.24) is 0 Å². The average molecular weight is 220 g/mol. The van der Waals surface area contributed by atoms with Crippen molar-refractivity contribution < 1.29 is 4.74 Å². The molecule has 0 unspecified atom stereocenters. The fourth-order valence-corrected chi connectivity index (χ4v) is 4.40. The van der Waals surface area contributed by atoms with Crippen molar-refractivity contribution in [1.29, 1.82) is 0 Å². The van der Waals surface area contributed by atoms with Crippen molar-refractivity contribution in [3.8, 4) is 0 Å². The van der Waals surface area contributed by atoms with E-state index in [2.05, 4.69) is 33.8 Å². The normalized spacial score (nSPS) is 50.7. The van der Waals surface area contributed by atoms with Gasteiger partial charge in [-0.15, -0.1) is 0 Å². The van der Waals surface area contributed by atoms with Gasteiger partial charge in [-0.3, -0.25) is 0 Å². The Morgan fingerprint density at radius 2 is 2.19 bits per heavy atom. The third-order valence-electron chi connectivity index (χ3n) is 5.42. The molecule has 2 bridgehead atoms. The Morgan fingerprint density at radius 1 is 1.44 bits per heavy atom. The Morgan fingerprint density at radius 3 is 2.88 bits per heavy atom. The van der Waals surface area contributed by atoms with Crippen LogP contribution in [0.1, 0.15) is 47.0 Å². The van der Waals surface area contributed by atoms with Gasteiger partial charge in [0.05, 0.1) is 11.7 Å². The van der Waals surface area contributed by atoms with Gasteiger partial charge in [-0.1, -0.05) is 19.9 Å². The molecule has 5 atom stereocenters. The molecule has 3 rings (SSSR count). The van der Waals surface area contributed by atoms with E-state index in [1.54, 1.807) is 0 Å². The van der Waals surface area contributed by atoms with Gasteiger partial charge >= 0.3 is 0 Å². The van der Waals surface area contributed by atoms with E-state index in [1.807, 2.05) is 0 Å².